The Hall–Kier alpha value is -2.78. The lowest BCUT2D eigenvalue weighted by Gasteiger charge is -2.05. The van der Waals surface area contributed by atoms with E-state index in [0.29, 0.717) is 0 Å². The van der Waals surface area contributed by atoms with Gasteiger partial charge in [0.05, 0.1) is 18.3 Å². The van der Waals surface area contributed by atoms with Crippen LogP contribution in [-0.4, -0.2) is 17.4 Å². The number of carbonyl (C=O) groups is 1. The molecular formula is C15H11F2N3O. The molecule has 0 aliphatic carbocycles. The van der Waals surface area contributed by atoms with Crippen LogP contribution in [0.3, 0.4) is 0 Å². The van der Waals surface area contributed by atoms with Crippen LogP contribution in [-0.2, 0) is 0 Å². The number of hydrogen-bond acceptors (Lipinski definition) is 3. The molecule has 1 amide bonds. The maximum atomic E-state index is 13.7. The largest absolute Gasteiger partial charge is 0.320 e. The zero-order chi connectivity index (χ0) is 15.2. The predicted molar refractivity (Wildman–Crippen MR) is 74.5 cm³/mol. The fourth-order valence-electron chi connectivity index (χ4n) is 1.54. The minimum absolute atomic E-state index is 0.108. The van der Waals surface area contributed by atoms with Gasteiger partial charge in [-0.05, 0) is 30.3 Å². The van der Waals surface area contributed by atoms with Gasteiger partial charge in [0.2, 0.25) is 0 Å². The van der Waals surface area contributed by atoms with Crippen LogP contribution in [0.25, 0.3) is 0 Å². The summed E-state index contributed by atoms with van der Waals surface area (Å²) >= 11 is 0. The van der Waals surface area contributed by atoms with Gasteiger partial charge in [-0.2, -0.15) is 0 Å². The van der Waals surface area contributed by atoms with Crippen molar-refractivity contribution in [3.63, 3.8) is 0 Å². The second-order valence-electron chi connectivity index (χ2n) is 4.02. The number of anilines is 1. The summed E-state index contributed by atoms with van der Waals surface area (Å²) in [5.41, 5.74) is 5.48. The van der Waals surface area contributed by atoms with E-state index in [1.807, 2.05) is 0 Å². The normalized spacial score (nSPS) is 9.67. The van der Waals surface area contributed by atoms with Crippen molar-refractivity contribution in [2.24, 2.45) is 5.73 Å². The third-order valence-electron chi connectivity index (χ3n) is 2.53. The molecule has 0 spiro atoms. The maximum Gasteiger partial charge on any atom is 0.256 e. The number of nitrogens with zero attached hydrogens (tertiary/aromatic N) is 1. The van der Waals surface area contributed by atoms with Crippen molar-refractivity contribution in [2.75, 3.05) is 11.9 Å². The van der Waals surface area contributed by atoms with Crippen molar-refractivity contribution in [3.8, 4) is 11.8 Å². The minimum atomic E-state index is -0.615. The van der Waals surface area contributed by atoms with Gasteiger partial charge in [0.1, 0.15) is 17.5 Å². The monoisotopic (exact) mass is 287 g/mol. The number of rotatable bonds is 2. The lowest BCUT2D eigenvalue weighted by Crippen LogP contribution is -2.13. The molecule has 0 radical (unpaired) electrons. The van der Waals surface area contributed by atoms with Crippen LogP contribution in [0.4, 0.5) is 14.6 Å². The van der Waals surface area contributed by atoms with Gasteiger partial charge in [-0.1, -0.05) is 11.8 Å². The molecule has 1 aromatic heterocycles. The summed E-state index contributed by atoms with van der Waals surface area (Å²) in [5.74, 6) is 3.59. The first-order chi connectivity index (χ1) is 10.1. The highest BCUT2D eigenvalue weighted by Crippen LogP contribution is 2.12. The third-order valence-corrected chi connectivity index (χ3v) is 2.53. The molecule has 3 N–H and O–H groups in total. The SMILES string of the molecule is NCC#Cc1ccc(C(=O)Nc2ccc(F)cn2)cc1F. The van der Waals surface area contributed by atoms with E-state index in [4.69, 9.17) is 5.73 Å². The van der Waals surface area contributed by atoms with Crippen LogP contribution < -0.4 is 11.1 Å². The Bertz CT molecular complexity index is 718. The fraction of sp³-hybridized carbons (Fsp3) is 0.0667. The highest BCUT2D eigenvalue weighted by atomic mass is 19.1. The Labute approximate surface area is 120 Å². The van der Waals surface area contributed by atoms with Gasteiger partial charge in [-0.25, -0.2) is 13.8 Å². The molecule has 0 atom stereocenters. The van der Waals surface area contributed by atoms with E-state index in [1.165, 1.54) is 18.2 Å². The van der Waals surface area contributed by atoms with Crippen molar-refractivity contribution in [1.29, 1.82) is 0 Å². The quantitative estimate of drug-likeness (QED) is 0.829. The summed E-state index contributed by atoms with van der Waals surface area (Å²) in [6.07, 6.45) is 0.974. The molecule has 6 heteroatoms. The summed E-state index contributed by atoms with van der Waals surface area (Å²) in [7, 11) is 0. The van der Waals surface area contributed by atoms with Gasteiger partial charge in [-0.3, -0.25) is 4.79 Å². The highest BCUT2D eigenvalue weighted by Gasteiger charge is 2.10. The van der Waals surface area contributed by atoms with Gasteiger partial charge in [-0.15, -0.1) is 0 Å². The smallest absolute Gasteiger partial charge is 0.256 e. The predicted octanol–water partition coefficient (Wildman–Crippen LogP) is 1.92. The number of carbonyl (C=O) groups excluding carboxylic acids is 1. The van der Waals surface area contributed by atoms with E-state index in [2.05, 4.69) is 22.1 Å². The van der Waals surface area contributed by atoms with Gasteiger partial charge in [0.25, 0.3) is 5.91 Å². The third kappa shape index (κ3) is 3.84. The molecule has 0 saturated heterocycles. The van der Waals surface area contributed by atoms with E-state index in [1.54, 1.807) is 0 Å². The molecule has 21 heavy (non-hydrogen) atoms. The summed E-state index contributed by atoms with van der Waals surface area (Å²) in [6.45, 7) is 0.123. The number of benzene rings is 1. The van der Waals surface area contributed by atoms with Gasteiger partial charge in [0, 0.05) is 5.56 Å². The Kier molecular flexibility index (Phi) is 4.59. The standard InChI is InChI=1S/C15H11F2N3O/c16-12-5-6-14(19-9-12)20-15(21)11-4-3-10(2-1-7-18)13(17)8-11/h3-6,8-9H,7,18H2,(H,19,20,21). The molecule has 1 aromatic carbocycles. The highest BCUT2D eigenvalue weighted by molar-refractivity contribution is 6.03. The van der Waals surface area contributed by atoms with Crippen LogP contribution >= 0.6 is 0 Å². The van der Waals surface area contributed by atoms with E-state index in [0.717, 1.165) is 18.3 Å². The fourth-order valence-corrected chi connectivity index (χ4v) is 1.54. The van der Waals surface area contributed by atoms with E-state index in [9.17, 15) is 13.6 Å². The number of nitrogens with one attached hydrogen (secondary N) is 1. The zero-order valence-corrected chi connectivity index (χ0v) is 10.9. The average molecular weight is 287 g/mol. The second-order valence-corrected chi connectivity index (χ2v) is 4.02. The first-order valence-electron chi connectivity index (χ1n) is 6.01. The number of aromatic nitrogens is 1. The Morgan fingerprint density at radius 2 is 2.10 bits per heavy atom. The van der Waals surface area contributed by atoms with Gasteiger partial charge >= 0.3 is 0 Å². The summed E-state index contributed by atoms with van der Waals surface area (Å²) < 4.78 is 26.4. The van der Waals surface area contributed by atoms with Crippen LogP contribution in [0.5, 0.6) is 0 Å². The Morgan fingerprint density at radius 3 is 2.71 bits per heavy atom. The van der Waals surface area contributed by atoms with Crippen molar-refractivity contribution in [3.05, 3.63) is 59.3 Å². The maximum absolute atomic E-state index is 13.7. The lowest BCUT2D eigenvalue weighted by molar-refractivity contribution is 0.102. The van der Waals surface area contributed by atoms with Crippen molar-refractivity contribution in [1.82, 2.24) is 4.98 Å². The van der Waals surface area contributed by atoms with Gasteiger partial charge in [0.15, 0.2) is 0 Å². The number of hydrogen-bond donors (Lipinski definition) is 2. The first-order valence-corrected chi connectivity index (χ1v) is 6.01. The van der Waals surface area contributed by atoms with Crippen LogP contribution in [0.2, 0.25) is 0 Å². The molecule has 4 nitrogen and oxygen atoms in total. The van der Waals surface area contributed by atoms with E-state index >= 15 is 0 Å². The second kappa shape index (κ2) is 6.59. The van der Waals surface area contributed by atoms with Crippen molar-refractivity contribution >= 4 is 11.7 Å². The lowest BCUT2D eigenvalue weighted by atomic mass is 10.1. The van der Waals surface area contributed by atoms with E-state index in [-0.39, 0.29) is 23.5 Å². The molecule has 0 aliphatic rings. The molecule has 0 saturated carbocycles. The van der Waals surface area contributed by atoms with Crippen LogP contribution in [0.1, 0.15) is 15.9 Å². The summed E-state index contributed by atoms with van der Waals surface area (Å²) in [5, 5.41) is 2.44. The first kappa shape index (κ1) is 14.6. The van der Waals surface area contributed by atoms with Crippen molar-refractivity contribution < 1.29 is 13.6 Å². The minimum Gasteiger partial charge on any atom is -0.320 e. The number of amides is 1. The zero-order valence-electron chi connectivity index (χ0n) is 10.9. The van der Waals surface area contributed by atoms with Gasteiger partial charge < -0.3 is 11.1 Å². The Morgan fingerprint density at radius 1 is 1.29 bits per heavy atom. The van der Waals surface area contributed by atoms with Crippen LogP contribution in [0, 0.1) is 23.5 Å². The summed E-state index contributed by atoms with van der Waals surface area (Å²) in [6, 6.07) is 6.37. The molecule has 0 unspecified atom stereocenters. The molecule has 2 aromatic rings. The number of nitrogens with two attached hydrogens (primary N) is 1. The van der Waals surface area contributed by atoms with Crippen molar-refractivity contribution in [2.45, 2.75) is 0 Å². The molecule has 0 fully saturated rings. The Balaban J connectivity index is 2.16. The average Bonchev–Trinajstić information content (AvgIpc) is 2.48. The van der Waals surface area contributed by atoms with Crippen LogP contribution in [0.15, 0.2) is 36.5 Å². The molecule has 0 bridgehead atoms. The number of halogens is 2. The molecule has 2 rings (SSSR count). The molecule has 106 valence electrons. The summed E-state index contributed by atoms with van der Waals surface area (Å²) in [4.78, 5) is 15.6. The molecule has 1 heterocycles. The molecular weight excluding hydrogens is 276 g/mol. The number of pyridine rings is 1. The van der Waals surface area contributed by atoms with E-state index < -0.39 is 17.5 Å². The molecule has 0 aliphatic heterocycles. The topological polar surface area (TPSA) is 68.0 Å².